The van der Waals surface area contributed by atoms with Crippen LogP contribution < -0.4 is 15.4 Å². The third kappa shape index (κ3) is 5.80. The van der Waals surface area contributed by atoms with E-state index in [9.17, 15) is 4.79 Å². The van der Waals surface area contributed by atoms with E-state index in [4.69, 9.17) is 16.3 Å². The molecule has 0 bridgehead atoms. The number of halogens is 1. The summed E-state index contributed by atoms with van der Waals surface area (Å²) in [5, 5.41) is 6.75. The maximum absolute atomic E-state index is 11.8. The van der Waals surface area contributed by atoms with Crippen LogP contribution in [0.1, 0.15) is 25.8 Å². The molecule has 0 saturated carbocycles. The Hall–Kier alpha value is -1.26. The van der Waals surface area contributed by atoms with Gasteiger partial charge in [0.1, 0.15) is 5.75 Å². The number of hydrogen-bond donors (Lipinski definition) is 2. The first-order chi connectivity index (χ1) is 9.54. The zero-order valence-electron chi connectivity index (χ0n) is 12.3. The Kier molecular flexibility index (Phi) is 7.41. The molecule has 4 nitrogen and oxygen atoms in total. The highest BCUT2D eigenvalue weighted by Gasteiger charge is 2.14. The zero-order chi connectivity index (χ0) is 15.0. The van der Waals surface area contributed by atoms with Gasteiger partial charge in [0, 0.05) is 18.1 Å². The molecule has 0 aromatic heterocycles. The number of nitrogens with one attached hydrogen (secondary N) is 2. The summed E-state index contributed by atoms with van der Waals surface area (Å²) < 4.78 is 5.60. The highest BCUT2D eigenvalue weighted by Crippen LogP contribution is 2.21. The predicted molar refractivity (Wildman–Crippen MR) is 82.4 cm³/mol. The lowest BCUT2D eigenvalue weighted by Gasteiger charge is -2.15. The van der Waals surface area contributed by atoms with Gasteiger partial charge in [-0.05, 0) is 50.6 Å². The van der Waals surface area contributed by atoms with Crippen molar-refractivity contribution in [2.75, 3.05) is 19.6 Å². The molecule has 0 aliphatic rings. The topological polar surface area (TPSA) is 50.4 Å². The van der Waals surface area contributed by atoms with Crippen LogP contribution >= 0.6 is 11.6 Å². The second-order valence-corrected chi connectivity index (χ2v) is 5.12. The summed E-state index contributed by atoms with van der Waals surface area (Å²) in [4.78, 5) is 11.8. The van der Waals surface area contributed by atoms with Gasteiger partial charge in [-0.25, -0.2) is 0 Å². The lowest BCUT2D eigenvalue weighted by molar-refractivity contribution is -0.127. The molecule has 0 fully saturated rings. The molecule has 0 aliphatic carbocycles. The van der Waals surface area contributed by atoms with E-state index in [1.54, 1.807) is 19.1 Å². The van der Waals surface area contributed by atoms with Gasteiger partial charge in [-0.2, -0.15) is 0 Å². The summed E-state index contributed by atoms with van der Waals surface area (Å²) in [5.41, 5.74) is 0.931. The summed E-state index contributed by atoms with van der Waals surface area (Å²) in [6, 6.07) is 5.36. The van der Waals surface area contributed by atoms with Crippen molar-refractivity contribution in [3.8, 4) is 5.75 Å². The van der Waals surface area contributed by atoms with E-state index in [1.165, 1.54) is 0 Å². The second-order valence-electron chi connectivity index (χ2n) is 4.71. The molecule has 1 aromatic rings. The van der Waals surface area contributed by atoms with Gasteiger partial charge < -0.3 is 15.4 Å². The van der Waals surface area contributed by atoms with Crippen molar-refractivity contribution in [1.82, 2.24) is 10.6 Å². The van der Waals surface area contributed by atoms with Crippen molar-refractivity contribution in [3.63, 3.8) is 0 Å². The molecule has 5 heteroatoms. The molecule has 1 amide bonds. The SMILES string of the molecule is CCCNCCNC(=O)C(C)Oc1ccc(Cl)c(C)c1. The third-order valence-corrected chi connectivity index (χ3v) is 3.26. The minimum absolute atomic E-state index is 0.115. The normalized spacial score (nSPS) is 12.0. The average molecular weight is 299 g/mol. The maximum Gasteiger partial charge on any atom is 0.260 e. The number of benzene rings is 1. The molecule has 1 atom stereocenters. The summed E-state index contributed by atoms with van der Waals surface area (Å²) in [6.07, 6.45) is 0.561. The number of hydrogen-bond acceptors (Lipinski definition) is 3. The van der Waals surface area contributed by atoms with Crippen molar-refractivity contribution < 1.29 is 9.53 Å². The Balaban J connectivity index is 2.35. The van der Waals surface area contributed by atoms with Gasteiger partial charge >= 0.3 is 0 Å². The number of aryl methyl sites for hydroxylation is 1. The zero-order valence-corrected chi connectivity index (χ0v) is 13.1. The van der Waals surface area contributed by atoms with E-state index < -0.39 is 6.10 Å². The molecule has 0 radical (unpaired) electrons. The Labute approximate surface area is 125 Å². The molecular weight excluding hydrogens is 276 g/mol. The van der Waals surface area contributed by atoms with Gasteiger partial charge in [0.15, 0.2) is 6.10 Å². The second kappa shape index (κ2) is 8.82. The Bertz CT molecular complexity index is 438. The van der Waals surface area contributed by atoms with Crippen LogP contribution in [0.4, 0.5) is 0 Å². The minimum atomic E-state index is -0.526. The van der Waals surface area contributed by atoms with Crippen molar-refractivity contribution in [2.24, 2.45) is 0 Å². The first-order valence-electron chi connectivity index (χ1n) is 6.95. The Morgan fingerprint density at radius 3 is 2.75 bits per heavy atom. The molecule has 20 heavy (non-hydrogen) atoms. The van der Waals surface area contributed by atoms with Crippen molar-refractivity contribution in [3.05, 3.63) is 28.8 Å². The van der Waals surface area contributed by atoms with Gasteiger partial charge in [0.2, 0.25) is 0 Å². The quantitative estimate of drug-likeness (QED) is 0.725. The van der Waals surface area contributed by atoms with Crippen LogP contribution in [0.5, 0.6) is 5.75 Å². The largest absolute Gasteiger partial charge is 0.481 e. The van der Waals surface area contributed by atoms with E-state index in [1.807, 2.05) is 13.0 Å². The average Bonchev–Trinajstić information content (AvgIpc) is 2.42. The van der Waals surface area contributed by atoms with E-state index in [0.29, 0.717) is 17.3 Å². The standard InChI is InChI=1S/C15H23ClN2O2/c1-4-7-17-8-9-18-15(19)12(3)20-13-5-6-14(16)11(2)10-13/h5-6,10,12,17H,4,7-9H2,1-3H3,(H,18,19). The minimum Gasteiger partial charge on any atom is -0.481 e. The highest BCUT2D eigenvalue weighted by molar-refractivity contribution is 6.31. The molecule has 2 N–H and O–H groups in total. The fourth-order valence-electron chi connectivity index (χ4n) is 1.67. The third-order valence-electron chi connectivity index (χ3n) is 2.84. The van der Waals surface area contributed by atoms with Crippen LogP contribution in [-0.4, -0.2) is 31.6 Å². The van der Waals surface area contributed by atoms with E-state index >= 15 is 0 Å². The maximum atomic E-state index is 11.8. The lowest BCUT2D eigenvalue weighted by atomic mass is 10.2. The van der Waals surface area contributed by atoms with Crippen molar-refractivity contribution in [1.29, 1.82) is 0 Å². The van der Waals surface area contributed by atoms with Crippen LogP contribution in [-0.2, 0) is 4.79 Å². The molecule has 1 unspecified atom stereocenters. The van der Waals surface area contributed by atoms with Crippen LogP contribution in [0.3, 0.4) is 0 Å². The lowest BCUT2D eigenvalue weighted by Crippen LogP contribution is -2.39. The first kappa shape index (κ1) is 16.8. The molecule has 1 aromatic carbocycles. The molecule has 0 saturated heterocycles. The molecular formula is C15H23ClN2O2. The predicted octanol–water partition coefficient (Wildman–Crippen LogP) is 2.53. The number of carbonyl (C=O) groups is 1. The number of carbonyl (C=O) groups excluding carboxylic acids is 1. The summed E-state index contributed by atoms with van der Waals surface area (Å²) >= 11 is 5.95. The van der Waals surface area contributed by atoms with Crippen LogP contribution in [0.2, 0.25) is 5.02 Å². The van der Waals surface area contributed by atoms with Crippen molar-refractivity contribution >= 4 is 17.5 Å². The summed E-state index contributed by atoms with van der Waals surface area (Å²) in [7, 11) is 0. The molecule has 0 spiro atoms. The molecule has 0 heterocycles. The van der Waals surface area contributed by atoms with Gasteiger partial charge in [-0.15, -0.1) is 0 Å². The van der Waals surface area contributed by atoms with E-state index in [0.717, 1.165) is 25.1 Å². The van der Waals surface area contributed by atoms with Gasteiger partial charge in [-0.3, -0.25) is 4.79 Å². The van der Waals surface area contributed by atoms with Crippen LogP contribution in [0.15, 0.2) is 18.2 Å². The Morgan fingerprint density at radius 2 is 2.10 bits per heavy atom. The fraction of sp³-hybridized carbons (Fsp3) is 0.533. The van der Waals surface area contributed by atoms with Gasteiger partial charge in [0.25, 0.3) is 5.91 Å². The molecule has 0 aliphatic heterocycles. The first-order valence-corrected chi connectivity index (χ1v) is 7.33. The van der Waals surface area contributed by atoms with Gasteiger partial charge in [-0.1, -0.05) is 18.5 Å². The number of rotatable bonds is 8. The summed E-state index contributed by atoms with van der Waals surface area (Å²) in [5.74, 6) is 0.537. The Morgan fingerprint density at radius 1 is 1.35 bits per heavy atom. The van der Waals surface area contributed by atoms with Crippen molar-refractivity contribution in [2.45, 2.75) is 33.3 Å². The smallest absolute Gasteiger partial charge is 0.260 e. The summed E-state index contributed by atoms with van der Waals surface area (Å²) in [6.45, 7) is 8.08. The van der Waals surface area contributed by atoms with Crippen LogP contribution in [0.25, 0.3) is 0 Å². The van der Waals surface area contributed by atoms with Gasteiger partial charge in [0.05, 0.1) is 0 Å². The molecule has 112 valence electrons. The number of ether oxygens (including phenoxy) is 1. The molecule has 1 rings (SSSR count). The highest BCUT2D eigenvalue weighted by atomic mass is 35.5. The van der Waals surface area contributed by atoms with Crippen LogP contribution in [0, 0.1) is 6.92 Å². The number of amides is 1. The van der Waals surface area contributed by atoms with E-state index in [-0.39, 0.29) is 5.91 Å². The monoisotopic (exact) mass is 298 g/mol. The van der Waals surface area contributed by atoms with E-state index in [2.05, 4.69) is 17.6 Å². The fourth-order valence-corrected chi connectivity index (χ4v) is 1.79.